The molecule has 0 aromatic carbocycles. The molecule has 3 heteroatoms. The van der Waals surface area contributed by atoms with Gasteiger partial charge < -0.3 is 15.0 Å². The highest BCUT2D eigenvalue weighted by molar-refractivity contribution is 4.78. The van der Waals surface area contributed by atoms with Gasteiger partial charge in [-0.2, -0.15) is 0 Å². The Morgan fingerprint density at radius 3 is 2.19 bits per heavy atom. The molecule has 0 aromatic heterocycles. The first kappa shape index (κ1) is 17.2. The molecule has 1 N–H and O–H groups in total. The number of nitrogens with one attached hydrogen (secondary N) is 1. The molecule has 0 bridgehead atoms. The third kappa shape index (κ3) is 6.25. The van der Waals surface area contributed by atoms with Crippen molar-refractivity contribution in [2.24, 2.45) is 5.92 Å². The predicted molar refractivity (Wildman–Crippen MR) is 89.7 cm³/mol. The summed E-state index contributed by atoms with van der Waals surface area (Å²) in [5, 5.41) is 3.58. The second-order valence-corrected chi connectivity index (χ2v) is 7.38. The summed E-state index contributed by atoms with van der Waals surface area (Å²) in [6.07, 6.45) is 10.1. The number of likely N-dealkylation sites (tertiary alicyclic amines) is 1. The Morgan fingerprint density at radius 2 is 1.62 bits per heavy atom. The van der Waals surface area contributed by atoms with Gasteiger partial charge in [0.2, 0.25) is 0 Å². The number of rotatable bonds is 7. The summed E-state index contributed by atoms with van der Waals surface area (Å²) in [6.45, 7) is 11.7. The molecule has 21 heavy (non-hydrogen) atoms. The highest BCUT2D eigenvalue weighted by Gasteiger charge is 2.26. The van der Waals surface area contributed by atoms with Crippen molar-refractivity contribution in [3.8, 4) is 0 Å². The monoisotopic (exact) mass is 296 g/mol. The lowest BCUT2D eigenvalue weighted by atomic mass is 9.87. The van der Waals surface area contributed by atoms with E-state index in [0.29, 0.717) is 18.2 Å². The first-order valence-corrected chi connectivity index (χ1v) is 9.28. The SMILES string of the molecule is CCCN1CCC(OC2CCC(CNC(C)C)CC2)CC1. The van der Waals surface area contributed by atoms with E-state index in [1.807, 2.05) is 0 Å². The van der Waals surface area contributed by atoms with Crippen molar-refractivity contribution in [2.75, 3.05) is 26.2 Å². The minimum atomic E-state index is 0.536. The van der Waals surface area contributed by atoms with Crippen LogP contribution < -0.4 is 5.32 Å². The van der Waals surface area contributed by atoms with E-state index in [-0.39, 0.29) is 0 Å². The normalized spacial score (nSPS) is 29.1. The molecule has 0 radical (unpaired) electrons. The van der Waals surface area contributed by atoms with Crippen molar-refractivity contribution < 1.29 is 4.74 Å². The van der Waals surface area contributed by atoms with E-state index in [2.05, 4.69) is 31.0 Å². The fourth-order valence-corrected chi connectivity index (χ4v) is 3.73. The summed E-state index contributed by atoms with van der Waals surface area (Å²) in [5.41, 5.74) is 0. The molecule has 1 heterocycles. The van der Waals surface area contributed by atoms with Crippen molar-refractivity contribution in [1.29, 1.82) is 0 Å². The fraction of sp³-hybridized carbons (Fsp3) is 1.00. The first-order chi connectivity index (χ1) is 10.2. The molecule has 2 fully saturated rings. The molecule has 1 aliphatic carbocycles. The van der Waals surface area contributed by atoms with Crippen molar-refractivity contribution in [3.63, 3.8) is 0 Å². The molecule has 1 aliphatic heterocycles. The van der Waals surface area contributed by atoms with Crippen LogP contribution in [0.4, 0.5) is 0 Å². The summed E-state index contributed by atoms with van der Waals surface area (Å²) >= 11 is 0. The zero-order valence-electron chi connectivity index (χ0n) is 14.4. The molecule has 124 valence electrons. The predicted octanol–water partition coefficient (Wildman–Crippen LogP) is 3.43. The van der Waals surface area contributed by atoms with Crippen LogP contribution >= 0.6 is 0 Å². The van der Waals surface area contributed by atoms with Gasteiger partial charge in [0.25, 0.3) is 0 Å². The number of hydrogen-bond donors (Lipinski definition) is 1. The number of piperidine rings is 1. The van der Waals surface area contributed by atoms with E-state index in [0.717, 1.165) is 5.92 Å². The van der Waals surface area contributed by atoms with Crippen LogP contribution in [0.1, 0.15) is 65.7 Å². The smallest absolute Gasteiger partial charge is 0.0603 e. The largest absolute Gasteiger partial charge is 0.375 e. The summed E-state index contributed by atoms with van der Waals surface area (Å²) in [5.74, 6) is 0.874. The summed E-state index contributed by atoms with van der Waals surface area (Å²) < 4.78 is 6.39. The highest BCUT2D eigenvalue weighted by Crippen LogP contribution is 2.28. The van der Waals surface area contributed by atoms with Crippen LogP contribution in [0.25, 0.3) is 0 Å². The second-order valence-electron chi connectivity index (χ2n) is 7.38. The molecular weight excluding hydrogens is 260 g/mol. The van der Waals surface area contributed by atoms with Crippen LogP contribution in [0, 0.1) is 5.92 Å². The summed E-state index contributed by atoms with van der Waals surface area (Å²) in [6, 6.07) is 0.618. The zero-order valence-corrected chi connectivity index (χ0v) is 14.4. The molecule has 0 aromatic rings. The maximum absolute atomic E-state index is 6.39. The Balaban J connectivity index is 1.59. The Labute approximate surface area is 131 Å². The molecule has 0 spiro atoms. The van der Waals surface area contributed by atoms with E-state index in [1.165, 1.54) is 71.1 Å². The van der Waals surface area contributed by atoms with Crippen molar-refractivity contribution in [2.45, 2.75) is 84.0 Å². The van der Waals surface area contributed by atoms with Crippen LogP contribution in [0.2, 0.25) is 0 Å². The van der Waals surface area contributed by atoms with Crippen LogP contribution in [0.3, 0.4) is 0 Å². The average Bonchev–Trinajstić information content (AvgIpc) is 2.49. The molecule has 3 nitrogen and oxygen atoms in total. The van der Waals surface area contributed by atoms with E-state index in [1.54, 1.807) is 0 Å². The van der Waals surface area contributed by atoms with Crippen LogP contribution in [0.5, 0.6) is 0 Å². The highest BCUT2D eigenvalue weighted by atomic mass is 16.5. The lowest BCUT2D eigenvalue weighted by molar-refractivity contribution is -0.0606. The molecule has 0 unspecified atom stereocenters. The number of hydrogen-bond acceptors (Lipinski definition) is 3. The lowest BCUT2D eigenvalue weighted by Gasteiger charge is -2.36. The van der Waals surface area contributed by atoms with Gasteiger partial charge in [-0.1, -0.05) is 20.8 Å². The van der Waals surface area contributed by atoms with Gasteiger partial charge in [0.05, 0.1) is 12.2 Å². The molecule has 2 aliphatic rings. The van der Waals surface area contributed by atoms with Crippen molar-refractivity contribution in [3.05, 3.63) is 0 Å². The standard InChI is InChI=1S/C18H36N2O/c1-4-11-20-12-9-18(10-13-20)21-17-7-5-16(6-8-17)14-19-15(2)3/h15-19H,4-14H2,1-3H3. The topological polar surface area (TPSA) is 24.5 Å². The van der Waals surface area contributed by atoms with E-state index >= 15 is 0 Å². The van der Waals surface area contributed by atoms with Gasteiger partial charge >= 0.3 is 0 Å². The molecular formula is C18H36N2O. The van der Waals surface area contributed by atoms with Crippen molar-refractivity contribution in [1.82, 2.24) is 10.2 Å². The number of nitrogens with zero attached hydrogens (tertiary/aromatic N) is 1. The van der Waals surface area contributed by atoms with Crippen LogP contribution in [0.15, 0.2) is 0 Å². The van der Waals surface area contributed by atoms with Gasteiger partial charge in [-0.3, -0.25) is 0 Å². The minimum absolute atomic E-state index is 0.536. The second kappa shape index (κ2) is 9.12. The van der Waals surface area contributed by atoms with Gasteiger partial charge in [-0.25, -0.2) is 0 Å². The van der Waals surface area contributed by atoms with Gasteiger partial charge in [-0.05, 0) is 64.0 Å². The first-order valence-electron chi connectivity index (χ1n) is 9.28. The van der Waals surface area contributed by atoms with E-state index in [4.69, 9.17) is 4.74 Å². The molecule has 0 atom stereocenters. The Bertz CT molecular complexity index is 266. The molecule has 1 saturated carbocycles. The third-order valence-electron chi connectivity index (χ3n) is 5.07. The third-order valence-corrected chi connectivity index (χ3v) is 5.07. The van der Waals surface area contributed by atoms with E-state index in [9.17, 15) is 0 Å². The quantitative estimate of drug-likeness (QED) is 0.779. The summed E-state index contributed by atoms with van der Waals surface area (Å²) in [7, 11) is 0. The molecule has 1 saturated heterocycles. The van der Waals surface area contributed by atoms with Gasteiger partial charge in [0, 0.05) is 19.1 Å². The lowest BCUT2D eigenvalue weighted by Crippen LogP contribution is -2.39. The van der Waals surface area contributed by atoms with Gasteiger partial charge in [0.1, 0.15) is 0 Å². The van der Waals surface area contributed by atoms with Gasteiger partial charge in [-0.15, -0.1) is 0 Å². The average molecular weight is 296 g/mol. The van der Waals surface area contributed by atoms with Crippen LogP contribution in [-0.2, 0) is 4.74 Å². The fourth-order valence-electron chi connectivity index (χ4n) is 3.73. The zero-order chi connectivity index (χ0) is 15.1. The van der Waals surface area contributed by atoms with E-state index < -0.39 is 0 Å². The minimum Gasteiger partial charge on any atom is -0.375 e. The summed E-state index contributed by atoms with van der Waals surface area (Å²) in [4.78, 5) is 2.59. The Hall–Kier alpha value is -0.120. The molecule has 2 rings (SSSR count). The Morgan fingerprint density at radius 1 is 1.00 bits per heavy atom. The maximum atomic E-state index is 6.39. The van der Waals surface area contributed by atoms with Crippen molar-refractivity contribution >= 4 is 0 Å². The number of ether oxygens (including phenoxy) is 1. The van der Waals surface area contributed by atoms with Gasteiger partial charge in [0.15, 0.2) is 0 Å². The Kier molecular flexibility index (Phi) is 7.48. The maximum Gasteiger partial charge on any atom is 0.0603 e. The molecule has 0 amide bonds. The van der Waals surface area contributed by atoms with Crippen LogP contribution in [-0.4, -0.2) is 49.3 Å².